The number of hydrogen-bond donors (Lipinski definition) is 1. The zero-order valence-electron chi connectivity index (χ0n) is 9.69. The molecule has 0 spiro atoms. The fraction of sp³-hybridized carbons (Fsp3) is 0.417. The molecule has 0 heterocycles. The maximum absolute atomic E-state index is 11.0. The largest absolute Gasteiger partial charge is 0.497 e. The lowest BCUT2D eigenvalue weighted by Crippen LogP contribution is -2.39. The molecule has 16 heavy (non-hydrogen) atoms. The third kappa shape index (κ3) is 2.73. The number of methoxy groups -OCH3 is 2. The van der Waals surface area contributed by atoms with Gasteiger partial charge in [0.1, 0.15) is 5.75 Å². The van der Waals surface area contributed by atoms with Crippen LogP contribution in [-0.2, 0) is 16.0 Å². The van der Waals surface area contributed by atoms with Crippen LogP contribution in [0.4, 0.5) is 0 Å². The minimum absolute atomic E-state index is 0.322. The average Bonchev–Trinajstić information content (AvgIpc) is 2.29. The fourth-order valence-electron chi connectivity index (χ4n) is 1.37. The Hall–Kier alpha value is -1.55. The van der Waals surface area contributed by atoms with Gasteiger partial charge in [-0.2, -0.15) is 0 Å². The second-order valence-electron chi connectivity index (χ2n) is 3.76. The van der Waals surface area contributed by atoms with Crippen molar-refractivity contribution >= 4 is 5.97 Å². The van der Waals surface area contributed by atoms with E-state index in [-0.39, 0.29) is 0 Å². The van der Waals surface area contributed by atoms with Crippen molar-refractivity contribution in [3.8, 4) is 5.75 Å². The second-order valence-corrected chi connectivity index (χ2v) is 3.76. The lowest BCUT2D eigenvalue weighted by Gasteiger charge is -2.23. The van der Waals surface area contributed by atoms with Gasteiger partial charge in [0.2, 0.25) is 0 Å². The molecule has 1 rings (SSSR count). The molecule has 4 nitrogen and oxygen atoms in total. The smallest absolute Gasteiger partial charge is 0.336 e. The molecule has 1 N–H and O–H groups in total. The highest BCUT2D eigenvalue weighted by Gasteiger charge is 2.32. The Balaban J connectivity index is 2.82. The van der Waals surface area contributed by atoms with E-state index in [9.17, 15) is 4.79 Å². The molecule has 0 aromatic heterocycles. The normalized spacial score (nSPS) is 14.2. The molecule has 0 aliphatic rings. The van der Waals surface area contributed by atoms with Gasteiger partial charge in [0, 0.05) is 13.5 Å². The Bertz CT molecular complexity index is 358. The molecule has 1 aromatic carbocycles. The summed E-state index contributed by atoms with van der Waals surface area (Å²) in [7, 11) is 2.99. The van der Waals surface area contributed by atoms with Crippen LogP contribution in [0.5, 0.6) is 5.75 Å². The number of aliphatic carboxylic acids is 1. The Kier molecular flexibility index (Phi) is 3.90. The van der Waals surface area contributed by atoms with Crippen molar-refractivity contribution in [3.63, 3.8) is 0 Å². The zero-order valence-corrected chi connectivity index (χ0v) is 9.69. The third-order valence-electron chi connectivity index (χ3n) is 2.60. The van der Waals surface area contributed by atoms with E-state index >= 15 is 0 Å². The average molecular weight is 224 g/mol. The lowest BCUT2D eigenvalue weighted by atomic mass is 9.96. The van der Waals surface area contributed by atoms with Crippen LogP contribution in [0, 0.1) is 0 Å². The van der Waals surface area contributed by atoms with Gasteiger partial charge >= 0.3 is 5.97 Å². The van der Waals surface area contributed by atoms with Crippen LogP contribution in [0.2, 0.25) is 0 Å². The van der Waals surface area contributed by atoms with E-state index < -0.39 is 11.6 Å². The van der Waals surface area contributed by atoms with Crippen molar-refractivity contribution < 1.29 is 19.4 Å². The summed E-state index contributed by atoms with van der Waals surface area (Å²) in [6, 6.07) is 7.26. The number of ether oxygens (including phenoxy) is 2. The van der Waals surface area contributed by atoms with Gasteiger partial charge in [-0.25, -0.2) is 4.79 Å². The minimum Gasteiger partial charge on any atom is -0.497 e. The highest BCUT2D eigenvalue weighted by Crippen LogP contribution is 2.19. The van der Waals surface area contributed by atoms with Gasteiger partial charge in [0.15, 0.2) is 5.60 Å². The molecule has 1 atom stereocenters. The van der Waals surface area contributed by atoms with Gasteiger partial charge in [-0.05, 0) is 24.6 Å². The number of benzene rings is 1. The topological polar surface area (TPSA) is 55.8 Å². The Morgan fingerprint density at radius 1 is 1.31 bits per heavy atom. The molecule has 0 saturated carbocycles. The number of carboxylic acids is 1. The molecule has 0 amide bonds. The van der Waals surface area contributed by atoms with Crippen molar-refractivity contribution in [1.82, 2.24) is 0 Å². The molecule has 0 aliphatic carbocycles. The monoisotopic (exact) mass is 224 g/mol. The summed E-state index contributed by atoms with van der Waals surface area (Å²) in [5.41, 5.74) is -0.290. The predicted octanol–water partition coefficient (Wildman–Crippen LogP) is 1.73. The number of rotatable bonds is 5. The number of carboxylic acid groups (broad SMARTS) is 1. The van der Waals surface area contributed by atoms with Gasteiger partial charge in [0.05, 0.1) is 7.11 Å². The van der Waals surface area contributed by atoms with Gasteiger partial charge in [0.25, 0.3) is 0 Å². The van der Waals surface area contributed by atoms with Crippen LogP contribution in [0.3, 0.4) is 0 Å². The van der Waals surface area contributed by atoms with Crippen LogP contribution in [0.15, 0.2) is 24.3 Å². The standard InChI is InChI=1S/C12H16O4/c1-12(16-3,11(13)14)8-9-4-6-10(15-2)7-5-9/h4-7H,8H2,1-3H3,(H,13,14). The molecule has 0 aliphatic heterocycles. The molecule has 1 aromatic rings. The zero-order chi connectivity index (χ0) is 12.2. The Labute approximate surface area is 94.8 Å². The molecule has 1 unspecified atom stereocenters. The molecule has 0 radical (unpaired) electrons. The first-order chi connectivity index (χ1) is 7.51. The summed E-state index contributed by atoms with van der Waals surface area (Å²) in [6.07, 6.45) is 0.322. The van der Waals surface area contributed by atoms with Gasteiger partial charge in [-0.1, -0.05) is 12.1 Å². The van der Waals surface area contributed by atoms with Crippen molar-refractivity contribution in [2.75, 3.05) is 14.2 Å². The summed E-state index contributed by atoms with van der Waals surface area (Å²) in [5.74, 6) is -0.219. The molecular weight excluding hydrogens is 208 g/mol. The Morgan fingerprint density at radius 2 is 1.88 bits per heavy atom. The predicted molar refractivity (Wildman–Crippen MR) is 59.7 cm³/mol. The van der Waals surface area contributed by atoms with Crippen LogP contribution in [0.25, 0.3) is 0 Å². The molecular formula is C12H16O4. The third-order valence-corrected chi connectivity index (χ3v) is 2.60. The molecule has 0 fully saturated rings. The van der Waals surface area contributed by atoms with Gasteiger partial charge < -0.3 is 14.6 Å². The Morgan fingerprint density at radius 3 is 2.25 bits per heavy atom. The van der Waals surface area contributed by atoms with E-state index in [0.717, 1.165) is 11.3 Å². The lowest BCUT2D eigenvalue weighted by molar-refractivity contribution is -0.159. The molecule has 0 bridgehead atoms. The fourth-order valence-corrected chi connectivity index (χ4v) is 1.37. The van der Waals surface area contributed by atoms with Crippen molar-refractivity contribution in [2.24, 2.45) is 0 Å². The minimum atomic E-state index is -1.19. The van der Waals surface area contributed by atoms with E-state index in [1.165, 1.54) is 7.11 Å². The molecule has 88 valence electrons. The van der Waals surface area contributed by atoms with Crippen LogP contribution in [0.1, 0.15) is 12.5 Å². The first kappa shape index (κ1) is 12.5. The van der Waals surface area contributed by atoms with E-state index in [2.05, 4.69) is 0 Å². The maximum atomic E-state index is 11.0. The summed E-state index contributed by atoms with van der Waals surface area (Å²) in [5, 5.41) is 9.04. The highest BCUT2D eigenvalue weighted by atomic mass is 16.5. The number of carbonyl (C=O) groups is 1. The number of hydrogen-bond acceptors (Lipinski definition) is 3. The van der Waals surface area contributed by atoms with Crippen LogP contribution < -0.4 is 4.74 Å². The van der Waals surface area contributed by atoms with Gasteiger partial charge in [-0.15, -0.1) is 0 Å². The van der Waals surface area contributed by atoms with Crippen molar-refractivity contribution in [3.05, 3.63) is 29.8 Å². The summed E-state index contributed by atoms with van der Waals surface area (Å²) >= 11 is 0. The highest BCUT2D eigenvalue weighted by molar-refractivity contribution is 5.77. The first-order valence-corrected chi connectivity index (χ1v) is 4.93. The van der Waals surface area contributed by atoms with E-state index in [1.807, 2.05) is 12.1 Å². The second kappa shape index (κ2) is 4.99. The SMILES string of the molecule is COc1ccc(CC(C)(OC)C(=O)O)cc1. The summed E-state index contributed by atoms with van der Waals surface area (Å²) in [6.45, 7) is 1.56. The van der Waals surface area contributed by atoms with E-state index in [0.29, 0.717) is 6.42 Å². The van der Waals surface area contributed by atoms with E-state index in [1.54, 1.807) is 26.2 Å². The van der Waals surface area contributed by atoms with Crippen LogP contribution >= 0.6 is 0 Å². The van der Waals surface area contributed by atoms with Crippen LogP contribution in [-0.4, -0.2) is 30.9 Å². The maximum Gasteiger partial charge on any atom is 0.336 e. The summed E-state index contributed by atoms with van der Waals surface area (Å²) < 4.78 is 10.1. The van der Waals surface area contributed by atoms with Crippen molar-refractivity contribution in [1.29, 1.82) is 0 Å². The van der Waals surface area contributed by atoms with Gasteiger partial charge in [-0.3, -0.25) is 0 Å². The van der Waals surface area contributed by atoms with E-state index in [4.69, 9.17) is 14.6 Å². The summed E-state index contributed by atoms with van der Waals surface area (Å²) in [4.78, 5) is 11.0. The molecule has 4 heteroatoms. The molecule has 0 saturated heterocycles. The first-order valence-electron chi connectivity index (χ1n) is 4.93. The van der Waals surface area contributed by atoms with Crippen molar-refractivity contribution in [2.45, 2.75) is 18.9 Å². The quantitative estimate of drug-likeness (QED) is 0.827.